The average Bonchev–Trinajstić information content (AvgIpc) is 3.35. The van der Waals surface area contributed by atoms with E-state index in [0.717, 1.165) is 70.6 Å². The summed E-state index contributed by atoms with van der Waals surface area (Å²) in [5.41, 5.74) is 0. The van der Waals surface area contributed by atoms with Gasteiger partial charge in [-0.2, -0.15) is 0 Å². The Morgan fingerprint density at radius 1 is 0.507 bits per heavy atom. The van der Waals surface area contributed by atoms with Crippen molar-refractivity contribution in [3.05, 3.63) is 36.5 Å². The summed E-state index contributed by atoms with van der Waals surface area (Å²) in [5, 5.41) is 54.7. The van der Waals surface area contributed by atoms with Gasteiger partial charge in [0.05, 0.1) is 25.4 Å². The smallest absolute Gasteiger partial charge is 0.220 e. The molecule has 1 fully saturated rings. The summed E-state index contributed by atoms with van der Waals surface area (Å²) in [6.07, 6.45) is 57.6. The fraction of sp³-hybridized carbons (Fsp3) is 0.883. The SMILES string of the molecule is CC/C=C\C/C=C\C/C=C\CCCCCCCCCC(=O)NC(COC1OC(CO)C(O)C(O)C1O)C(O)CCCCCCCCCCCCCCCCCCCCCCCCCCCCCCC. The molecule has 0 spiro atoms. The predicted molar refractivity (Wildman–Crippen MR) is 290 cm³/mol. The minimum absolute atomic E-state index is 0.141. The van der Waals surface area contributed by atoms with Gasteiger partial charge < -0.3 is 40.3 Å². The summed E-state index contributed by atoms with van der Waals surface area (Å²) < 4.78 is 11.3. The fourth-order valence-electron chi connectivity index (χ4n) is 9.59. The molecular weight excluding hydrogens is 863 g/mol. The maximum atomic E-state index is 13.1. The highest BCUT2D eigenvalue weighted by Crippen LogP contribution is 2.23. The van der Waals surface area contributed by atoms with E-state index in [1.165, 1.54) is 186 Å². The van der Waals surface area contributed by atoms with Gasteiger partial charge in [0.15, 0.2) is 6.29 Å². The highest BCUT2D eigenvalue weighted by Gasteiger charge is 2.44. The first-order chi connectivity index (χ1) is 33.8. The summed E-state index contributed by atoms with van der Waals surface area (Å²) in [5.74, 6) is -0.152. The van der Waals surface area contributed by atoms with Crippen molar-refractivity contribution in [1.29, 1.82) is 0 Å². The standard InChI is InChI=1S/C60H113NO8/c1-3-5-7-9-11-13-15-17-19-21-22-23-24-25-26-27-28-29-30-31-32-34-35-37-39-41-43-45-47-49-54(63)53(52-68-60-59(67)58(66)57(65)55(51-62)69-60)61-56(64)50-48-46-44-42-40-38-36-33-20-18-16-14-12-10-8-6-4-2/h6,8,12,14,18,20,53-55,57-60,62-63,65-67H,3-5,7,9-11,13,15-17,19,21-52H2,1-2H3,(H,61,64)/b8-6-,14-12-,20-18-. The van der Waals surface area contributed by atoms with Crippen molar-refractivity contribution >= 4 is 5.91 Å². The van der Waals surface area contributed by atoms with Gasteiger partial charge in [-0.15, -0.1) is 0 Å². The van der Waals surface area contributed by atoms with Gasteiger partial charge in [-0.1, -0.05) is 269 Å². The van der Waals surface area contributed by atoms with Crippen LogP contribution in [0.15, 0.2) is 36.5 Å². The topological polar surface area (TPSA) is 149 Å². The molecule has 0 saturated carbocycles. The summed E-state index contributed by atoms with van der Waals surface area (Å²) in [6, 6.07) is -0.725. The maximum absolute atomic E-state index is 13.1. The first kappa shape index (κ1) is 65.4. The van der Waals surface area contributed by atoms with E-state index in [2.05, 4.69) is 55.6 Å². The molecule has 1 saturated heterocycles. The Kier molecular flexibility index (Phi) is 47.4. The van der Waals surface area contributed by atoms with Crippen LogP contribution in [0.3, 0.4) is 0 Å². The highest BCUT2D eigenvalue weighted by atomic mass is 16.7. The zero-order valence-corrected chi connectivity index (χ0v) is 45.1. The molecule has 0 aromatic heterocycles. The third-order valence-corrected chi connectivity index (χ3v) is 14.3. The Morgan fingerprint density at radius 3 is 1.33 bits per heavy atom. The number of nitrogens with one attached hydrogen (secondary N) is 1. The second-order valence-electron chi connectivity index (χ2n) is 20.8. The number of hydrogen-bond acceptors (Lipinski definition) is 8. The van der Waals surface area contributed by atoms with Gasteiger partial charge in [-0.05, 0) is 44.9 Å². The zero-order chi connectivity index (χ0) is 50.1. The lowest BCUT2D eigenvalue weighted by Crippen LogP contribution is -2.60. The lowest BCUT2D eigenvalue weighted by molar-refractivity contribution is -0.302. The van der Waals surface area contributed by atoms with Crippen LogP contribution in [0.2, 0.25) is 0 Å². The molecule has 1 heterocycles. The van der Waals surface area contributed by atoms with Gasteiger partial charge in [0.1, 0.15) is 24.4 Å². The molecule has 6 N–H and O–H groups in total. The molecule has 0 bridgehead atoms. The number of allylic oxidation sites excluding steroid dienone is 6. The lowest BCUT2D eigenvalue weighted by atomic mass is 9.99. The van der Waals surface area contributed by atoms with Crippen molar-refractivity contribution in [2.24, 2.45) is 0 Å². The highest BCUT2D eigenvalue weighted by molar-refractivity contribution is 5.76. The third-order valence-electron chi connectivity index (χ3n) is 14.3. The number of aliphatic hydroxyl groups excluding tert-OH is 5. The molecule has 0 radical (unpaired) electrons. The van der Waals surface area contributed by atoms with Gasteiger partial charge in [-0.3, -0.25) is 4.79 Å². The number of ether oxygens (including phenoxy) is 2. The molecule has 1 amide bonds. The summed E-state index contributed by atoms with van der Waals surface area (Å²) >= 11 is 0. The second kappa shape index (κ2) is 50.0. The van der Waals surface area contributed by atoms with E-state index in [9.17, 15) is 30.3 Å². The molecule has 9 heteroatoms. The van der Waals surface area contributed by atoms with Gasteiger partial charge >= 0.3 is 0 Å². The first-order valence-electron chi connectivity index (χ1n) is 29.7. The van der Waals surface area contributed by atoms with Crippen LogP contribution in [0.4, 0.5) is 0 Å². The summed E-state index contributed by atoms with van der Waals surface area (Å²) in [7, 11) is 0. The Morgan fingerprint density at radius 2 is 0.899 bits per heavy atom. The quantitative estimate of drug-likeness (QED) is 0.0261. The Labute approximate surface area is 425 Å². The monoisotopic (exact) mass is 976 g/mol. The minimum Gasteiger partial charge on any atom is -0.394 e. The molecule has 0 aromatic rings. The number of aliphatic hydroxyl groups is 5. The van der Waals surface area contributed by atoms with Crippen molar-refractivity contribution < 1.29 is 39.8 Å². The van der Waals surface area contributed by atoms with Crippen molar-refractivity contribution in [3.8, 4) is 0 Å². The van der Waals surface area contributed by atoms with Crippen molar-refractivity contribution in [2.45, 2.75) is 326 Å². The van der Waals surface area contributed by atoms with E-state index in [-0.39, 0.29) is 12.5 Å². The Hall–Kier alpha value is -1.59. The van der Waals surface area contributed by atoms with E-state index < -0.39 is 49.5 Å². The number of hydrogen-bond donors (Lipinski definition) is 6. The maximum Gasteiger partial charge on any atom is 0.220 e. The second-order valence-corrected chi connectivity index (χ2v) is 20.8. The van der Waals surface area contributed by atoms with E-state index >= 15 is 0 Å². The number of carbonyl (C=O) groups excluding carboxylic acids is 1. The molecule has 0 aromatic carbocycles. The van der Waals surface area contributed by atoms with Crippen LogP contribution < -0.4 is 5.32 Å². The van der Waals surface area contributed by atoms with Gasteiger partial charge in [-0.25, -0.2) is 0 Å². The van der Waals surface area contributed by atoms with Crippen molar-refractivity contribution in [3.63, 3.8) is 0 Å². The molecule has 1 rings (SSSR count). The number of unbranched alkanes of at least 4 members (excludes halogenated alkanes) is 35. The van der Waals surface area contributed by atoms with Crippen molar-refractivity contribution in [1.82, 2.24) is 5.32 Å². The third kappa shape index (κ3) is 39.6. The Bertz CT molecular complexity index is 1180. The fourth-order valence-corrected chi connectivity index (χ4v) is 9.59. The molecule has 1 aliphatic heterocycles. The molecule has 406 valence electrons. The van der Waals surface area contributed by atoms with Crippen LogP contribution in [0.5, 0.6) is 0 Å². The summed E-state index contributed by atoms with van der Waals surface area (Å²) in [6.45, 7) is 3.75. The predicted octanol–water partition coefficient (Wildman–Crippen LogP) is 14.7. The van der Waals surface area contributed by atoms with E-state index in [0.29, 0.717) is 12.8 Å². The number of amides is 1. The number of carbonyl (C=O) groups is 1. The largest absolute Gasteiger partial charge is 0.394 e. The van der Waals surface area contributed by atoms with Crippen LogP contribution in [-0.2, 0) is 14.3 Å². The molecule has 7 atom stereocenters. The molecule has 7 unspecified atom stereocenters. The normalized spacial score (nSPS) is 19.7. The first-order valence-corrected chi connectivity index (χ1v) is 29.7. The summed E-state index contributed by atoms with van der Waals surface area (Å²) in [4.78, 5) is 13.1. The molecular formula is C60H113NO8. The molecule has 9 nitrogen and oxygen atoms in total. The lowest BCUT2D eigenvalue weighted by Gasteiger charge is -2.40. The average molecular weight is 977 g/mol. The molecule has 69 heavy (non-hydrogen) atoms. The number of rotatable bonds is 51. The van der Waals surface area contributed by atoms with E-state index in [1.807, 2.05) is 0 Å². The minimum atomic E-state index is -1.56. The van der Waals surface area contributed by atoms with Gasteiger partial charge in [0.25, 0.3) is 0 Å². The van der Waals surface area contributed by atoms with Crippen LogP contribution in [0.25, 0.3) is 0 Å². The molecule has 0 aliphatic carbocycles. The van der Waals surface area contributed by atoms with Crippen LogP contribution in [0.1, 0.15) is 284 Å². The zero-order valence-electron chi connectivity index (χ0n) is 45.1. The van der Waals surface area contributed by atoms with Crippen molar-refractivity contribution in [2.75, 3.05) is 13.2 Å². The van der Waals surface area contributed by atoms with Gasteiger partial charge in [0, 0.05) is 6.42 Å². The van der Waals surface area contributed by atoms with E-state index in [4.69, 9.17) is 9.47 Å². The van der Waals surface area contributed by atoms with Crippen LogP contribution >= 0.6 is 0 Å². The van der Waals surface area contributed by atoms with Gasteiger partial charge in [0.2, 0.25) is 5.91 Å². The Balaban J connectivity index is 2.16. The van der Waals surface area contributed by atoms with Crippen LogP contribution in [-0.4, -0.2) is 87.5 Å². The van der Waals surface area contributed by atoms with Crippen LogP contribution in [0, 0.1) is 0 Å². The van der Waals surface area contributed by atoms with E-state index in [1.54, 1.807) is 0 Å². The molecule has 1 aliphatic rings.